The van der Waals surface area contributed by atoms with Gasteiger partial charge in [-0.2, -0.15) is 0 Å². The van der Waals surface area contributed by atoms with Crippen molar-refractivity contribution in [3.8, 4) is 0 Å². The SMILES string of the molecule is CC(=O)O[C@H]1[C@H](O[C@H]2CC[C@]34C[C@]35CC[C@]3(C)[C@H]6[C@H](C)C[C@@H]7O[C@@]6(O[C@H]7C(C)(C)O)[C@H](O)[C@@]3(C)[C@@H]5CC[C@H]4C2(C)C)OC[C@H](O)[C@@H]1O. The van der Waals surface area contributed by atoms with E-state index in [2.05, 4.69) is 34.6 Å². The zero-order valence-corrected chi connectivity index (χ0v) is 29.5. The van der Waals surface area contributed by atoms with E-state index in [0.717, 1.165) is 51.4 Å². The Morgan fingerprint density at radius 2 is 1.62 bits per heavy atom. The molecule has 8 rings (SSSR count). The maximum Gasteiger partial charge on any atom is 0.303 e. The Labute approximate surface area is 279 Å². The summed E-state index contributed by atoms with van der Waals surface area (Å²) in [7, 11) is 0. The first-order chi connectivity index (χ1) is 21.8. The standard InChI is InChI=1S/C37H58O10/c1-18-15-21-28(32(5,6)42)47-37(46-21)27(18)33(7)13-14-36-17-35(36)12-11-24(45-29-26(44-19(2)38)25(40)20(39)16-43-29)31(3,4)22(35)9-10-23(36)34(33,8)30(37)41/h18,20-30,39-42H,9-17H2,1-8H3/t18-,20+,21+,22+,23+,24+,25+,26-,27-,28-,29+,30-,33-,34-,35-,36+,37+/m1/s1. The van der Waals surface area contributed by atoms with E-state index in [4.69, 9.17) is 23.7 Å². The molecule has 17 atom stereocenters. The predicted octanol–water partition coefficient (Wildman–Crippen LogP) is 3.69. The molecule has 5 saturated carbocycles. The second-order valence-electron chi connectivity index (χ2n) is 18.9. The molecule has 8 aliphatic rings. The summed E-state index contributed by atoms with van der Waals surface area (Å²) in [6, 6.07) is 0. The summed E-state index contributed by atoms with van der Waals surface area (Å²) in [6.07, 6.45) is 1.92. The van der Waals surface area contributed by atoms with Gasteiger partial charge >= 0.3 is 5.97 Å². The molecule has 0 radical (unpaired) electrons. The Kier molecular flexibility index (Phi) is 7.03. The third-order valence-electron chi connectivity index (χ3n) is 16.2. The van der Waals surface area contributed by atoms with E-state index in [1.165, 1.54) is 6.92 Å². The summed E-state index contributed by atoms with van der Waals surface area (Å²) in [6.45, 7) is 16.5. The molecular formula is C37H58O10. The lowest BCUT2D eigenvalue weighted by Crippen LogP contribution is -2.61. The van der Waals surface area contributed by atoms with Gasteiger partial charge in [-0.25, -0.2) is 0 Å². The first-order valence-electron chi connectivity index (χ1n) is 18.4. The summed E-state index contributed by atoms with van der Waals surface area (Å²) in [5.74, 6) is -0.546. The van der Waals surface area contributed by atoms with E-state index in [1.807, 2.05) is 0 Å². The summed E-state index contributed by atoms with van der Waals surface area (Å²) >= 11 is 0. The van der Waals surface area contributed by atoms with Gasteiger partial charge in [-0.3, -0.25) is 4.79 Å². The highest BCUT2D eigenvalue weighted by Crippen LogP contribution is 2.90. The highest BCUT2D eigenvalue weighted by molar-refractivity contribution is 5.66. The largest absolute Gasteiger partial charge is 0.454 e. The van der Waals surface area contributed by atoms with Crippen molar-refractivity contribution in [2.75, 3.05) is 6.61 Å². The number of carbonyl (C=O) groups is 1. The maximum absolute atomic E-state index is 12.7. The van der Waals surface area contributed by atoms with Crippen LogP contribution in [0.15, 0.2) is 0 Å². The van der Waals surface area contributed by atoms with Crippen molar-refractivity contribution in [1.29, 1.82) is 0 Å². The van der Waals surface area contributed by atoms with E-state index in [9.17, 15) is 25.2 Å². The number of hydrogen-bond donors (Lipinski definition) is 4. The van der Waals surface area contributed by atoms with Crippen molar-refractivity contribution in [2.24, 2.45) is 50.7 Å². The molecule has 8 fully saturated rings. The van der Waals surface area contributed by atoms with Gasteiger partial charge in [0.1, 0.15) is 24.4 Å². The lowest BCUT2D eigenvalue weighted by Gasteiger charge is -2.63. The number of aliphatic hydroxyl groups excluding tert-OH is 3. The average Bonchev–Trinajstić information content (AvgIpc) is 3.49. The molecule has 266 valence electrons. The van der Waals surface area contributed by atoms with Crippen molar-refractivity contribution in [3.63, 3.8) is 0 Å². The quantitative estimate of drug-likeness (QED) is 0.260. The van der Waals surface area contributed by atoms with Crippen LogP contribution in [0.3, 0.4) is 0 Å². The van der Waals surface area contributed by atoms with Gasteiger partial charge in [0.05, 0.1) is 24.4 Å². The molecule has 4 N–H and O–H groups in total. The number of carbonyl (C=O) groups excluding carboxylic acids is 1. The fraction of sp³-hybridized carbons (Fsp3) is 0.973. The molecule has 10 heteroatoms. The number of hydrogen-bond acceptors (Lipinski definition) is 10. The van der Waals surface area contributed by atoms with Gasteiger partial charge in [0, 0.05) is 18.3 Å². The van der Waals surface area contributed by atoms with Gasteiger partial charge in [0.25, 0.3) is 0 Å². The molecular weight excluding hydrogens is 604 g/mol. The zero-order valence-electron chi connectivity index (χ0n) is 29.5. The minimum atomic E-state index is -1.28. The van der Waals surface area contributed by atoms with E-state index >= 15 is 0 Å². The van der Waals surface area contributed by atoms with Crippen molar-refractivity contribution >= 4 is 5.97 Å². The summed E-state index contributed by atoms with van der Waals surface area (Å²) in [5.41, 5.74) is -1.54. The van der Waals surface area contributed by atoms with Crippen molar-refractivity contribution in [3.05, 3.63) is 0 Å². The van der Waals surface area contributed by atoms with Crippen LogP contribution < -0.4 is 0 Å². The van der Waals surface area contributed by atoms with E-state index in [-0.39, 0.29) is 46.4 Å². The lowest BCUT2D eigenvalue weighted by atomic mass is 9.41. The van der Waals surface area contributed by atoms with Gasteiger partial charge < -0.3 is 44.1 Å². The topological polar surface area (TPSA) is 144 Å². The number of ether oxygens (including phenoxy) is 5. The van der Waals surface area contributed by atoms with Crippen molar-refractivity contribution in [2.45, 2.75) is 167 Å². The molecule has 5 aliphatic carbocycles. The number of esters is 1. The fourth-order valence-corrected chi connectivity index (χ4v) is 14.3. The van der Waals surface area contributed by atoms with Gasteiger partial charge in [-0.1, -0.05) is 34.6 Å². The van der Waals surface area contributed by atoms with Gasteiger partial charge in [0.2, 0.25) is 0 Å². The molecule has 47 heavy (non-hydrogen) atoms. The molecule has 2 bridgehead atoms. The Balaban J connectivity index is 1.08. The Morgan fingerprint density at radius 1 is 0.936 bits per heavy atom. The minimum Gasteiger partial charge on any atom is -0.454 e. The van der Waals surface area contributed by atoms with E-state index < -0.39 is 59.6 Å². The number of aliphatic hydroxyl groups is 4. The third kappa shape index (κ3) is 3.94. The average molecular weight is 663 g/mol. The van der Waals surface area contributed by atoms with Crippen LogP contribution in [-0.4, -0.2) is 93.4 Å². The van der Waals surface area contributed by atoms with Crippen LogP contribution in [0.1, 0.15) is 107 Å². The molecule has 3 aliphatic heterocycles. The van der Waals surface area contributed by atoms with Crippen LogP contribution in [0.4, 0.5) is 0 Å². The molecule has 0 amide bonds. The molecule has 0 unspecified atom stereocenters. The first-order valence-corrected chi connectivity index (χ1v) is 18.4. The molecule has 0 aromatic rings. The maximum atomic E-state index is 12.7. The van der Waals surface area contributed by atoms with Gasteiger partial charge in [0.15, 0.2) is 18.2 Å². The predicted molar refractivity (Wildman–Crippen MR) is 168 cm³/mol. The first kappa shape index (κ1) is 33.3. The zero-order chi connectivity index (χ0) is 33.9. The monoisotopic (exact) mass is 662 g/mol. The van der Waals surface area contributed by atoms with Crippen molar-refractivity contribution < 1.29 is 48.9 Å². The molecule has 0 aromatic heterocycles. The smallest absolute Gasteiger partial charge is 0.303 e. The highest BCUT2D eigenvalue weighted by Gasteiger charge is 2.88. The summed E-state index contributed by atoms with van der Waals surface area (Å²) in [5, 5.41) is 44.7. The Morgan fingerprint density at radius 3 is 2.30 bits per heavy atom. The Bertz CT molecular complexity index is 1310. The second kappa shape index (κ2) is 9.93. The van der Waals surface area contributed by atoms with Crippen LogP contribution in [0.2, 0.25) is 0 Å². The number of fused-ring (bicyclic) bond motifs is 4. The molecule has 0 aromatic carbocycles. The lowest BCUT2D eigenvalue weighted by molar-refractivity contribution is -0.305. The normalized spacial score (nSPS) is 58.8. The van der Waals surface area contributed by atoms with Crippen LogP contribution in [-0.2, 0) is 28.5 Å². The number of rotatable bonds is 4. The molecule has 3 spiro atoms. The van der Waals surface area contributed by atoms with E-state index in [1.54, 1.807) is 13.8 Å². The van der Waals surface area contributed by atoms with E-state index in [0.29, 0.717) is 17.8 Å². The Hall–Kier alpha value is -0.850. The van der Waals surface area contributed by atoms with Crippen LogP contribution >= 0.6 is 0 Å². The molecule has 3 heterocycles. The van der Waals surface area contributed by atoms with Gasteiger partial charge in [-0.05, 0) is 105 Å². The van der Waals surface area contributed by atoms with Crippen molar-refractivity contribution in [1.82, 2.24) is 0 Å². The third-order valence-corrected chi connectivity index (χ3v) is 16.2. The summed E-state index contributed by atoms with van der Waals surface area (Å²) in [4.78, 5) is 11.9. The van der Waals surface area contributed by atoms with Crippen LogP contribution in [0, 0.1) is 50.7 Å². The molecule has 3 saturated heterocycles. The summed E-state index contributed by atoms with van der Waals surface area (Å²) < 4.78 is 31.6. The second-order valence-corrected chi connectivity index (χ2v) is 18.9. The van der Waals surface area contributed by atoms with Crippen LogP contribution in [0.5, 0.6) is 0 Å². The molecule has 10 nitrogen and oxygen atoms in total. The fourth-order valence-electron chi connectivity index (χ4n) is 14.3. The van der Waals surface area contributed by atoms with Crippen LogP contribution in [0.25, 0.3) is 0 Å². The highest BCUT2D eigenvalue weighted by atomic mass is 16.8. The van der Waals surface area contributed by atoms with Gasteiger partial charge in [-0.15, -0.1) is 0 Å². The minimum absolute atomic E-state index is 0.0541.